The molecule has 2 nitrogen and oxygen atoms in total. The number of carbonyl (C=O) groups excluding carboxylic acids is 1. The lowest BCUT2D eigenvalue weighted by Gasteiger charge is -2.35. The summed E-state index contributed by atoms with van der Waals surface area (Å²) in [7, 11) is 0. The van der Waals surface area contributed by atoms with Gasteiger partial charge in [0.1, 0.15) is 0 Å². The lowest BCUT2D eigenvalue weighted by Crippen LogP contribution is -2.50. The van der Waals surface area contributed by atoms with Gasteiger partial charge in [-0.05, 0) is 38.9 Å². The van der Waals surface area contributed by atoms with Gasteiger partial charge in [0.05, 0.1) is 5.54 Å². The molecular weight excluding hydrogens is 222 g/mol. The number of nitrogens with zero attached hydrogens (tertiary/aromatic N) is 1. The van der Waals surface area contributed by atoms with Crippen LogP contribution < -0.4 is 0 Å². The van der Waals surface area contributed by atoms with Crippen molar-refractivity contribution in [2.75, 3.05) is 13.1 Å². The van der Waals surface area contributed by atoms with E-state index in [0.29, 0.717) is 12.2 Å². The number of hydrogen-bond donors (Lipinski definition) is 0. The van der Waals surface area contributed by atoms with E-state index in [2.05, 4.69) is 30.9 Å². The van der Waals surface area contributed by atoms with Gasteiger partial charge in [0, 0.05) is 6.42 Å². The van der Waals surface area contributed by atoms with Crippen molar-refractivity contribution < 1.29 is 4.79 Å². The van der Waals surface area contributed by atoms with E-state index < -0.39 is 0 Å². The molecule has 0 spiro atoms. The second-order valence-corrected chi connectivity index (χ2v) is 5.14. The summed E-state index contributed by atoms with van der Waals surface area (Å²) in [5, 5.41) is 0. The summed E-state index contributed by atoms with van der Waals surface area (Å²) in [6, 6.07) is 10.2. The monoisotopic (exact) mass is 247 g/mol. The minimum atomic E-state index is -0.349. The van der Waals surface area contributed by atoms with Gasteiger partial charge in [-0.3, -0.25) is 9.69 Å². The summed E-state index contributed by atoms with van der Waals surface area (Å²) >= 11 is 0. The predicted molar refractivity (Wildman–Crippen MR) is 76.8 cm³/mol. The van der Waals surface area contributed by atoms with Crippen LogP contribution in [0.15, 0.2) is 30.3 Å². The zero-order valence-corrected chi connectivity index (χ0v) is 12.1. The Labute approximate surface area is 111 Å². The van der Waals surface area contributed by atoms with Crippen LogP contribution in [0.1, 0.15) is 39.7 Å². The molecule has 1 aromatic rings. The number of likely N-dealkylation sites (N-methyl/N-ethyl adjacent to an activating group) is 1. The number of carbonyl (C=O) groups is 1. The van der Waals surface area contributed by atoms with E-state index in [4.69, 9.17) is 0 Å². The first kappa shape index (κ1) is 14.9. The Bertz CT molecular complexity index is 366. The van der Waals surface area contributed by atoms with E-state index in [9.17, 15) is 4.79 Å². The Morgan fingerprint density at radius 1 is 1.11 bits per heavy atom. The van der Waals surface area contributed by atoms with Crippen LogP contribution in [0, 0.1) is 0 Å². The van der Waals surface area contributed by atoms with Crippen molar-refractivity contribution in [2.45, 2.75) is 46.1 Å². The van der Waals surface area contributed by atoms with Crippen LogP contribution in [-0.4, -0.2) is 29.3 Å². The highest BCUT2D eigenvalue weighted by atomic mass is 16.1. The fourth-order valence-corrected chi connectivity index (χ4v) is 2.40. The normalized spacial score (nSPS) is 11.8. The molecule has 18 heavy (non-hydrogen) atoms. The van der Waals surface area contributed by atoms with Crippen molar-refractivity contribution >= 4 is 5.78 Å². The molecule has 0 fully saturated rings. The molecule has 0 saturated carbocycles. The Morgan fingerprint density at radius 3 is 2.17 bits per heavy atom. The lowest BCUT2D eigenvalue weighted by molar-refractivity contribution is -0.129. The average molecular weight is 247 g/mol. The van der Waals surface area contributed by atoms with E-state index in [1.807, 2.05) is 32.0 Å². The van der Waals surface area contributed by atoms with Crippen LogP contribution in [0.4, 0.5) is 0 Å². The molecule has 0 aliphatic carbocycles. The van der Waals surface area contributed by atoms with Crippen molar-refractivity contribution in [2.24, 2.45) is 0 Å². The molecule has 0 bridgehead atoms. The molecule has 0 heterocycles. The summed E-state index contributed by atoms with van der Waals surface area (Å²) in [5.41, 5.74) is 0.888. The van der Waals surface area contributed by atoms with Crippen molar-refractivity contribution in [3.63, 3.8) is 0 Å². The lowest BCUT2D eigenvalue weighted by atomic mass is 9.92. The van der Waals surface area contributed by atoms with Crippen LogP contribution in [-0.2, 0) is 11.2 Å². The Morgan fingerprint density at radius 2 is 1.67 bits per heavy atom. The second-order valence-electron chi connectivity index (χ2n) is 5.14. The number of ketones is 1. The van der Waals surface area contributed by atoms with Gasteiger partial charge >= 0.3 is 0 Å². The van der Waals surface area contributed by atoms with Crippen molar-refractivity contribution in [3.05, 3.63) is 35.9 Å². The minimum absolute atomic E-state index is 0.329. The number of hydrogen-bond acceptors (Lipinski definition) is 2. The van der Waals surface area contributed by atoms with Gasteiger partial charge in [-0.25, -0.2) is 0 Å². The van der Waals surface area contributed by atoms with Crippen LogP contribution in [0.25, 0.3) is 0 Å². The molecule has 0 saturated heterocycles. The highest BCUT2D eigenvalue weighted by Crippen LogP contribution is 2.18. The Hall–Kier alpha value is -1.15. The van der Waals surface area contributed by atoms with Crippen LogP contribution >= 0.6 is 0 Å². The van der Waals surface area contributed by atoms with Crippen molar-refractivity contribution in [3.8, 4) is 0 Å². The first-order valence-corrected chi connectivity index (χ1v) is 6.84. The predicted octanol–water partition coefficient (Wildman–Crippen LogP) is 3.31. The zero-order valence-electron chi connectivity index (χ0n) is 12.1. The van der Waals surface area contributed by atoms with Gasteiger partial charge in [0.25, 0.3) is 0 Å². The van der Waals surface area contributed by atoms with Gasteiger partial charge in [-0.2, -0.15) is 0 Å². The molecule has 0 amide bonds. The molecule has 1 aromatic carbocycles. The number of rotatable bonds is 7. The third-order valence-electron chi connectivity index (χ3n) is 3.72. The van der Waals surface area contributed by atoms with E-state index in [1.54, 1.807) is 0 Å². The smallest absolute Gasteiger partial charge is 0.152 e. The van der Waals surface area contributed by atoms with Crippen LogP contribution in [0.2, 0.25) is 0 Å². The van der Waals surface area contributed by atoms with E-state index >= 15 is 0 Å². The molecule has 0 aromatic heterocycles. The molecule has 0 aliphatic rings. The first-order valence-electron chi connectivity index (χ1n) is 6.84. The molecular formula is C16H25NO. The van der Waals surface area contributed by atoms with Gasteiger partial charge in [0.2, 0.25) is 0 Å². The fraction of sp³-hybridized carbons (Fsp3) is 0.562. The molecule has 2 heteroatoms. The van der Waals surface area contributed by atoms with Gasteiger partial charge in [-0.1, -0.05) is 44.2 Å². The largest absolute Gasteiger partial charge is 0.298 e. The summed E-state index contributed by atoms with van der Waals surface area (Å²) < 4.78 is 0. The second kappa shape index (κ2) is 6.69. The summed E-state index contributed by atoms with van der Waals surface area (Å²) in [5.74, 6) is 0.329. The molecule has 0 N–H and O–H groups in total. The molecule has 1 rings (SSSR count). The summed E-state index contributed by atoms with van der Waals surface area (Å²) in [6.45, 7) is 10.1. The van der Waals surface area contributed by atoms with Crippen LogP contribution in [0.5, 0.6) is 0 Å². The standard InChI is InChI=1S/C16H25NO/c1-5-17(6-2)16(3,4)15(18)13-12-14-10-8-7-9-11-14/h7-11H,5-6,12-13H2,1-4H3. The van der Waals surface area contributed by atoms with Crippen LogP contribution in [0.3, 0.4) is 0 Å². The maximum absolute atomic E-state index is 12.4. The van der Waals surface area contributed by atoms with Crippen molar-refractivity contribution in [1.82, 2.24) is 4.90 Å². The highest BCUT2D eigenvalue weighted by molar-refractivity contribution is 5.87. The molecule has 0 unspecified atom stereocenters. The van der Waals surface area contributed by atoms with E-state index in [1.165, 1.54) is 5.56 Å². The topological polar surface area (TPSA) is 20.3 Å². The molecule has 0 atom stereocenters. The quantitative estimate of drug-likeness (QED) is 0.737. The maximum atomic E-state index is 12.4. The Balaban J connectivity index is 2.59. The first-order chi connectivity index (χ1) is 8.52. The third-order valence-corrected chi connectivity index (χ3v) is 3.72. The van der Waals surface area contributed by atoms with Gasteiger partial charge < -0.3 is 0 Å². The highest BCUT2D eigenvalue weighted by Gasteiger charge is 2.31. The molecule has 0 radical (unpaired) electrons. The SMILES string of the molecule is CCN(CC)C(C)(C)C(=O)CCc1ccccc1. The van der Waals surface area contributed by atoms with Crippen molar-refractivity contribution in [1.29, 1.82) is 0 Å². The van der Waals surface area contributed by atoms with Gasteiger partial charge in [-0.15, -0.1) is 0 Å². The maximum Gasteiger partial charge on any atom is 0.152 e. The van der Waals surface area contributed by atoms with E-state index in [-0.39, 0.29) is 5.54 Å². The Kier molecular flexibility index (Phi) is 5.54. The third kappa shape index (κ3) is 3.67. The number of aryl methyl sites for hydroxylation is 1. The summed E-state index contributed by atoms with van der Waals surface area (Å²) in [4.78, 5) is 14.6. The number of Topliss-reactive ketones (excluding diaryl/α,β-unsaturated/α-hetero) is 1. The minimum Gasteiger partial charge on any atom is -0.298 e. The fourth-order valence-electron chi connectivity index (χ4n) is 2.40. The molecule has 100 valence electrons. The zero-order chi connectivity index (χ0) is 13.6. The average Bonchev–Trinajstić information content (AvgIpc) is 2.38. The molecule has 0 aliphatic heterocycles. The van der Waals surface area contributed by atoms with E-state index in [0.717, 1.165) is 19.5 Å². The number of benzene rings is 1. The van der Waals surface area contributed by atoms with Gasteiger partial charge in [0.15, 0.2) is 5.78 Å². The summed E-state index contributed by atoms with van der Waals surface area (Å²) in [6.07, 6.45) is 1.46.